The van der Waals surface area contributed by atoms with Crippen molar-refractivity contribution in [3.8, 4) is 11.3 Å². The van der Waals surface area contributed by atoms with Crippen molar-refractivity contribution in [3.05, 3.63) is 46.6 Å². The van der Waals surface area contributed by atoms with Crippen LogP contribution in [0.2, 0.25) is 0 Å². The van der Waals surface area contributed by atoms with Crippen molar-refractivity contribution in [1.82, 2.24) is 19.7 Å². The van der Waals surface area contributed by atoms with Gasteiger partial charge in [0.2, 0.25) is 5.91 Å². The number of aliphatic hydroxyl groups is 1. The fourth-order valence-electron chi connectivity index (χ4n) is 8.56. The van der Waals surface area contributed by atoms with Crippen LogP contribution < -0.4 is 0 Å². The Hall–Kier alpha value is -2.48. The zero-order valence-corrected chi connectivity index (χ0v) is 27.5. The predicted octanol–water partition coefficient (Wildman–Crippen LogP) is 5.16. The molecule has 1 amide bonds. The lowest BCUT2D eigenvalue weighted by Gasteiger charge is -2.36. The molecule has 2 bridgehead atoms. The first kappa shape index (κ1) is 31.5. The van der Waals surface area contributed by atoms with Gasteiger partial charge in [-0.2, -0.15) is 0 Å². The monoisotopic (exact) mass is 602 g/mol. The molecule has 44 heavy (non-hydrogen) atoms. The van der Waals surface area contributed by atoms with E-state index < -0.39 is 0 Å². The summed E-state index contributed by atoms with van der Waals surface area (Å²) in [5.41, 5.74) is 7.37. The third kappa shape index (κ3) is 6.70. The predicted molar refractivity (Wildman–Crippen MR) is 176 cm³/mol. The van der Waals surface area contributed by atoms with Crippen LogP contribution >= 0.6 is 0 Å². The van der Waals surface area contributed by atoms with Gasteiger partial charge in [-0.1, -0.05) is 31.0 Å². The van der Waals surface area contributed by atoms with Crippen molar-refractivity contribution in [2.24, 2.45) is 17.3 Å². The summed E-state index contributed by atoms with van der Waals surface area (Å²) < 4.78 is 0. The molecule has 6 rings (SSSR count). The zero-order valence-electron chi connectivity index (χ0n) is 27.5. The van der Waals surface area contributed by atoms with E-state index in [2.05, 4.69) is 66.9 Å². The zero-order chi connectivity index (χ0) is 31.0. The molecule has 0 aliphatic carbocycles. The van der Waals surface area contributed by atoms with Gasteiger partial charge in [0.1, 0.15) is 0 Å². The van der Waals surface area contributed by atoms with Gasteiger partial charge in [0.05, 0.1) is 12.1 Å². The summed E-state index contributed by atoms with van der Waals surface area (Å²) >= 11 is 0. The Morgan fingerprint density at radius 3 is 2.16 bits per heavy atom. The van der Waals surface area contributed by atoms with E-state index in [-0.39, 0.29) is 23.5 Å². The second-order valence-corrected chi connectivity index (χ2v) is 15.0. The van der Waals surface area contributed by atoms with Crippen LogP contribution in [0.3, 0.4) is 0 Å². The molecule has 0 saturated carbocycles. The first-order valence-electron chi connectivity index (χ1n) is 17.3. The number of hydrogen-bond donors (Lipinski definition) is 2. The molecule has 4 aliphatic rings. The highest BCUT2D eigenvalue weighted by atomic mass is 16.3. The van der Waals surface area contributed by atoms with E-state index in [1.165, 1.54) is 46.4 Å². The Kier molecular flexibility index (Phi) is 9.37. The summed E-state index contributed by atoms with van der Waals surface area (Å²) in [6.07, 6.45) is 10.3. The number of aliphatic hydroxyl groups excluding tert-OH is 1. The topological polar surface area (TPSA) is 79.9 Å². The Balaban J connectivity index is 1.12. The quantitative estimate of drug-likeness (QED) is 0.393. The van der Waals surface area contributed by atoms with Gasteiger partial charge < -0.3 is 19.9 Å². The number of Topliss-reactive ketones (excluding diaryl/α,β-unsaturated/α-hetero) is 1. The van der Waals surface area contributed by atoms with E-state index in [1.807, 2.05) is 4.90 Å². The number of likely N-dealkylation sites (tertiary alicyclic amines) is 2. The van der Waals surface area contributed by atoms with Gasteiger partial charge in [-0.15, -0.1) is 0 Å². The van der Waals surface area contributed by atoms with Crippen LogP contribution in [0.15, 0.2) is 24.4 Å². The SMILES string of the molecule is Cc1cc(C)cc(-c2[nH]cc(CCC(C)(C)C(=O)C3C4CCN3CC4)c2CCN2CCC(C(=O)N3CCC(O)CC3)CC2)c1. The summed E-state index contributed by atoms with van der Waals surface area (Å²) in [6.45, 7) is 15.1. The number of H-pyrrole nitrogens is 1. The average Bonchev–Trinajstić information content (AvgIpc) is 3.73. The number of piperidine rings is 3. The molecule has 1 aromatic carbocycles. The van der Waals surface area contributed by atoms with Crippen molar-refractivity contribution in [2.75, 3.05) is 45.8 Å². The van der Waals surface area contributed by atoms with E-state index in [9.17, 15) is 14.7 Å². The number of nitrogens with zero attached hydrogens (tertiary/aromatic N) is 3. The number of aryl methyl sites for hydroxylation is 3. The van der Waals surface area contributed by atoms with E-state index >= 15 is 0 Å². The molecule has 0 radical (unpaired) electrons. The highest BCUT2D eigenvalue weighted by Gasteiger charge is 2.47. The van der Waals surface area contributed by atoms with Crippen molar-refractivity contribution in [2.45, 2.75) is 97.6 Å². The molecule has 1 unspecified atom stereocenters. The maximum absolute atomic E-state index is 13.8. The van der Waals surface area contributed by atoms with Crippen LogP contribution in [0.25, 0.3) is 11.3 Å². The third-order valence-electron chi connectivity index (χ3n) is 11.4. The molecule has 4 aliphatic heterocycles. The lowest BCUT2D eigenvalue weighted by atomic mass is 9.77. The highest BCUT2D eigenvalue weighted by molar-refractivity contribution is 5.90. The molecule has 1 atom stereocenters. The Bertz CT molecular complexity index is 1290. The minimum Gasteiger partial charge on any atom is -0.393 e. The van der Waals surface area contributed by atoms with Crippen LogP contribution in [0, 0.1) is 31.1 Å². The maximum atomic E-state index is 13.8. The fourth-order valence-corrected chi connectivity index (χ4v) is 8.56. The number of carbonyl (C=O) groups excluding carboxylic acids is 2. The van der Waals surface area contributed by atoms with E-state index in [1.54, 1.807) is 0 Å². The number of benzene rings is 1. The first-order valence-corrected chi connectivity index (χ1v) is 17.3. The summed E-state index contributed by atoms with van der Waals surface area (Å²) in [5.74, 6) is 1.41. The second kappa shape index (κ2) is 13.1. The van der Waals surface area contributed by atoms with Gasteiger partial charge in [0, 0.05) is 42.9 Å². The van der Waals surface area contributed by atoms with Crippen LogP contribution in [-0.2, 0) is 22.4 Å². The number of fused-ring (bicyclic) bond motifs is 2. The Labute approximate surface area is 264 Å². The molecule has 7 nitrogen and oxygen atoms in total. The molecule has 4 fully saturated rings. The van der Waals surface area contributed by atoms with Crippen LogP contribution in [-0.4, -0.2) is 94.4 Å². The van der Waals surface area contributed by atoms with Gasteiger partial charge in [0.15, 0.2) is 5.78 Å². The van der Waals surface area contributed by atoms with Crippen LogP contribution in [0.5, 0.6) is 0 Å². The number of aromatic amines is 1. The summed E-state index contributed by atoms with van der Waals surface area (Å²) in [6, 6.07) is 6.92. The number of hydrogen-bond acceptors (Lipinski definition) is 5. The smallest absolute Gasteiger partial charge is 0.225 e. The summed E-state index contributed by atoms with van der Waals surface area (Å²) in [4.78, 5) is 37.5. The minimum absolute atomic E-state index is 0.112. The number of aromatic nitrogens is 1. The normalized spacial score (nSPS) is 25.2. The minimum atomic E-state index is -0.342. The average molecular weight is 603 g/mol. The number of ketones is 1. The van der Waals surface area contributed by atoms with Gasteiger partial charge in [-0.05, 0) is 133 Å². The Morgan fingerprint density at radius 2 is 1.55 bits per heavy atom. The van der Waals surface area contributed by atoms with Gasteiger partial charge >= 0.3 is 0 Å². The largest absolute Gasteiger partial charge is 0.393 e. The molecule has 2 aromatic rings. The molecule has 4 saturated heterocycles. The molecule has 7 heteroatoms. The second-order valence-electron chi connectivity index (χ2n) is 15.0. The number of carbonyl (C=O) groups is 2. The van der Waals surface area contributed by atoms with Crippen molar-refractivity contribution in [1.29, 1.82) is 0 Å². The summed E-state index contributed by atoms with van der Waals surface area (Å²) in [5, 5.41) is 9.83. The highest BCUT2D eigenvalue weighted by Crippen LogP contribution is 2.40. The molecular weight excluding hydrogens is 548 g/mol. The number of amides is 1. The lowest BCUT2D eigenvalue weighted by Crippen LogP contribution is -2.46. The molecular formula is C37H54N4O3. The van der Waals surface area contributed by atoms with Crippen molar-refractivity contribution >= 4 is 11.7 Å². The number of rotatable bonds is 10. The standard InChI is InChI=1S/C37H54N4O3/c1-25-21-26(2)23-30(22-25)33-32(12-16-39-14-6-28(7-15-39)36(44)41-19-10-31(42)11-20-41)29(24-38-33)5-13-37(3,4)35(43)34-27-8-17-40(34)18-9-27/h21-24,27-28,31,34,38,42H,5-20H2,1-4H3. The van der Waals surface area contributed by atoms with E-state index in [0.29, 0.717) is 43.5 Å². The van der Waals surface area contributed by atoms with Crippen LogP contribution in [0.4, 0.5) is 0 Å². The van der Waals surface area contributed by atoms with E-state index in [4.69, 9.17) is 0 Å². The lowest BCUT2D eigenvalue weighted by molar-refractivity contribution is -0.139. The third-order valence-corrected chi connectivity index (χ3v) is 11.4. The van der Waals surface area contributed by atoms with Crippen molar-refractivity contribution in [3.63, 3.8) is 0 Å². The molecule has 240 valence electrons. The van der Waals surface area contributed by atoms with E-state index in [0.717, 1.165) is 64.8 Å². The van der Waals surface area contributed by atoms with Gasteiger partial charge in [-0.3, -0.25) is 14.5 Å². The molecule has 1 aromatic heterocycles. The number of nitrogens with one attached hydrogen (secondary N) is 1. The molecule has 2 N–H and O–H groups in total. The van der Waals surface area contributed by atoms with Gasteiger partial charge in [-0.25, -0.2) is 0 Å². The molecule has 5 heterocycles. The summed E-state index contributed by atoms with van der Waals surface area (Å²) in [7, 11) is 0. The van der Waals surface area contributed by atoms with Gasteiger partial charge in [0.25, 0.3) is 0 Å². The first-order chi connectivity index (χ1) is 21.1. The fraction of sp³-hybridized carbons (Fsp3) is 0.676. The Morgan fingerprint density at radius 1 is 0.886 bits per heavy atom. The van der Waals surface area contributed by atoms with Crippen molar-refractivity contribution < 1.29 is 14.7 Å². The molecule has 0 spiro atoms. The maximum Gasteiger partial charge on any atom is 0.225 e. The van der Waals surface area contributed by atoms with Crippen LogP contribution in [0.1, 0.15) is 81.0 Å².